The monoisotopic (exact) mass is 503 g/mol. The minimum atomic E-state index is -0.460. The van der Waals surface area contributed by atoms with Crippen molar-refractivity contribution in [1.82, 2.24) is 4.57 Å². The van der Waals surface area contributed by atoms with E-state index in [2.05, 4.69) is 118 Å². The first-order chi connectivity index (χ1) is 16.9. The lowest BCUT2D eigenvalue weighted by atomic mass is 9.68. The van der Waals surface area contributed by atoms with Crippen molar-refractivity contribution in [2.75, 3.05) is 0 Å². The standard InChI is InChI=1S/C30H43B2NO4/c1-13-33-24-19(15-14-16-22(24)31-34-27(5,6)28(7,8)35-31)20-17-18-21(26(2,3)4)23(25(20)33)32-36-29(9,10)30(11,12)37-32/h14-18H,13H2,1-12H3. The Hall–Kier alpha value is -1.79. The van der Waals surface area contributed by atoms with Crippen LogP contribution in [0.25, 0.3) is 21.8 Å². The number of fused-ring (bicyclic) bond motifs is 3. The largest absolute Gasteiger partial charge is 0.497 e. The van der Waals surface area contributed by atoms with Crippen LogP contribution in [0.2, 0.25) is 0 Å². The van der Waals surface area contributed by atoms with Gasteiger partial charge in [0.05, 0.1) is 22.4 Å². The molecule has 2 fully saturated rings. The summed E-state index contributed by atoms with van der Waals surface area (Å²) < 4.78 is 28.9. The summed E-state index contributed by atoms with van der Waals surface area (Å²) in [6.45, 7) is 26.7. The molecule has 3 heterocycles. The van der Waals surface area contributed by atoms with Crippen molar-refractivity contribution in [3.05, 3.63) is 35.9 Å². The summed E-state index contributed by atoms with van der Waals surface area (Å²) in [4.78, 5) is 0. The van der Waals surface area contributed by atoms with Crippen molar-refractivity contribution in [3.63, 3.8) is 0 Å². The Morgan fingerprint density at radius 3 is 1.65 bits per heavy atom. The number of hydrogen-bond donors (Lipinski definition) is 0. The lowest BCUT2D eigenvalue weighted by Crippen LogP contribution is -2.41. The summed E-state index contributed by atoms with van der Waals surface area (Å²) >= 11 is 0. The molecule has 2 saturated heterocycles. The lowest BCUT2D eigenvalue weighted by molar-refractivity contribution is 0.00578. The van der Waals surface area contributed by atoms with Gasteiger partial charge < -0.3 is 23.2 Å². The Morgan fingerprint density at radius 1 is 0.676 bits per heavy atom. The number of aryl methyl sites for hydroxylation is 1. The van der Waals surface area contributed by atoms with Gasteiger partial charge in [0.25, 0.3) is 0 Å². The summed E-state index contributed by atoms with van der Waals surface area (Å²) in [6, 6.07) is 11.0. The van der Waals surface area contributed by atoms with Gasteiger partial charge in [-0.3, -0.25) is 0 Å². The van der Waals surface area contributed by atoms with Gasteiger partial charge in [-0.25, -0.2) is 0 Å². The summed E-state index contributed by atoms with van der Waals surface area (Å²) in [7, 11) is -0.900. The Bertz CT molecular complexity index is 1350. The van der Waals surface area contributed by atoms with Gasteiger partial charge in [-0.15, -0.1) is 0 Å². The third kappa shape index (κ3) is 3.92. The molecule has 2 aromatic carbocycles. The SMILES string of the molecule is CCn1c2c(B3OC(C)(C)C(C)(C)O3)cccc2c2ccc(C(C)(C)C)c(B3OC(C)(C)C(C)(C)O3)c21. The molecule has 2 aliphatic heterocycles. The number of aromatic nitrogens is 1. The smallest absolute Gasteiger partial charge is 0.399 e. The van der Waals surface area contributed by atoms with Crippen LogP contribution in [0.5, 0.6) is 0 Å². The molecule has 0 spiro atoms. The van der Waals surface area contributed by atoms with Crippen LogP contribution in [0.4, 0.5) is 0 Å². The molecule has 0 aliphatic carbocycles. The number of hydrogen-bond acceptors (Lipinski definition) is 4. The Morgan fingerprint density at radius 2 is 1.16 bits per heavy atom. The molecule has 5 rings (SSSR count). The van der Waals surface area contributed by atoms with E-state index in [0.717, 1.165) is 23.0 Å². The third-order valence-electron chi connectivity index (χ3n) is 9.23. The van der Waals surface area contributed by atoms with E-state index < -0.39 is 36.6 Å². The molecule has 198 valence electrons. The maximum atomic E-state index is 6.69. The molecule has 0 amide bonds. The highest BCUT2D eigenvalue weighted by molar-refractivity contribution is 6.67. The molecule has 3 aromatic rings. The van der Waals surface area contributed by atoms with E-state index in [0.29, 0.717) is 0 Å². The fourth-order valence-electron chi connectivity index (χ4n) is 5.64. The number of nitrogens with zero attached hydrogens (tertiary/aromatic N) is 1. The summed E-state index contributed by atoms with van der Waals surface area (Å²) in [5, 5.41) is 2.40. The first kappa shape index (κ1) is 26.8. The summed E-state index contributed by atoms with van der Waals surface area (Å²) in [6.07, 6.45) is 0. The number of para-hydroxylation sites is 1. The quantitative estimate of drug-likeness (QED) is 0.430. The van der Waals surface area contributed by atoms with Crippen molar-refractivity contribution < 1.29 is 18.6 Å². The molecule has 0 unspecified atom stereocenters. The highest BCUT2D eigenvalue weighted by Crippen LogP contribution is 2.41. The number of benzene rings is 2. The maximum Gasteiger partial charge on any atom is 0.497 e. The van der Waals surface area contributed by atoms with Crippen LogP contribution >= 0.6 is 0 Å². The predicted octanol–water partition coefficient (Wildman–Crippen LogP) is 5.71. The molecule has 0 N–H and O–H groups in total. The molecule has 0 saturated carbocycles. The molecule has 0 atom stereocenters. The van der Waals surface area contributed by atoms with E-state index in [1.807, 2.05) is 0 Å². The molecule has 2 aliphatic rings. The van der Waals surface area contributed by atoms with Gasteiger partial charge >= 0.3 is 14.2 Å². The summed E-state index contributed by atoms with van der Waals surface area (Å²) in [5.74, 6) is 0. The summed E-state index contributed by atoms with van der Waals surface area (Å²) in [5.41, 5.74) is 4.01. The Labute approximate surface area is 223 Å². The highest BCUT2D eigenvalue weighted by atomic mass is 16.7. The second-order valence-electron chi connectivity index (χ2n) is 13.8. The average Bonchev–Trinajstić information content (AvgIpc) is 3.29. The fourth-order valence-corrected chi connectivity index (χ4v) is 5.64. The first-order valence-electron chi connectivity index (χ1n) is 13.7. The topological polar surface area (TPSA) is 41.9 Å². The van der Waals surface area contributed by atoms with Crippen LogP contribution in [0, 0.1) is 0 Å². The zero-order valence-electron chi connectivity index (χ0n) is 24.8. The van der Waals surface area contributed by atoms with Crippen molar-refractivity contribution in [2.45, 2.75) is 117 Å². The molecular formula is C30H43B2NO4. The van der Waals surface area contributed by atoms with E-state index in [4.69, 9.17) is 18.6 Å². The van der Waals surface area contributed by atoms with Crippen molar-refractivity contribution in [1.29, 1.82) is 0 Å². The van der Waals surface area contributed by atoms with Gasteiger partial charge in [-0.1, -0.05) is 51.1 Å². The van der Waals surface area contributed by atoms with Crippen LogP contribution < -0.4 is 10.9 Å². The first-order valence-corrected chi connectivity index (χ1v) is 13.7. The molecule has 37 heavy (non-hydrogen) atoms. The average molecular weight is 503 g/mol. The van der Waals surface area contributed by atoms with E-state index in [-0.39, 0.29) is 5.41 Å². The molecular weight excluding hydrogens is 460 g/mol. The van der Waals surface area contributed by atoms with E-state index in [1.54, 1.807) is 0 Å². The predicted molar refractivity (Wildman–Crippen MR) is 155 cm³/mol. The van der Waals surface area contributed by atoms with Crippen molar-refractivity contribution in [2.24, 2.45) is 0 Å². The van der Waals surface area contributed by atoms with E-state index in [1.165, 1.54) is 21.9 Å². The van der Waals surface area contributed by atoms with Crippen LogP contribution in [-0.2, 0) is 30.6 Å². The number of rotatable bonds is 3. The Kier molecular flexibility index (Phi) is 5.87. The second kappa shape index (κ2) is 8.11. The molecule has 1 aromatic heterocycles. The normalized spacial score (nSPS) is 22.5. The minimum Gasteiger partial charge on any atom is -0.399 e. The third-order valence-corrected chi connectivity index (χ3v) is 9.23. The van der Waals surface area contributed by atoms with Crippen LogP contribution in [0.3, 0.4) is 0 Å². The maximum absolute atomic E-state index is 6.69. The highest BCUT2D eigenvalue weighted by Gasteiger charge is 2.54. The molecule has 0 radical (unpaired) electrons. The van der Waals surface area contributed by atoms with Gasteiger partial charge in [-0.05, 0) is 73.3 Å². The zero-order chi connectivity index (χ0) is 27.3. The molecule has 7 heteroatoms. The Balaban J connectivity index is 1.83. The van der Waals surface area contributed by atoms with Gasteiger partial charge in [0.15, 0.2) is 0 Å². The zero-order valence-corrected chi connectivity index (χ0v) is 24.8. The van der Waals surface area contributed by atoms with E-state index >= 15 is 0 Å². The van der Waals surface area contributed by atoms with Gasteiger partial charge in [0, 0.05) is 39.3 Å². The van der Waals surface area contributed by atoms with Gasteiger partial charge in [-0.2, -0.15) is 0 Å². The minimum absolute atomic E-state index is 0.0866. The van der Waals surface area contributed by atoms with Crippen LogP contribution in [0.1, 0.15) is 88.6 Å². The van der Waals surface area contributed by atoms with Crippen molar-refractivity contribution >= 4 is 47.0 Å². The van der Waals surface area contributed by atoms with E-state index in [9.17, 15) is 0 Å². The second-order valence-corrected chi connectivity index (χ2v) is 13.8. The van der Waals surface area contributed by atoms with Crippen LogP contribution in [0.15, 0.2) is 30.3 Å². The molecule has 5 nitrogen and oxygen atoms in total. The van der Waals surface area contributed by atoms with Gasteiger partial charge in [0.2, 0.25) is 0 Å². The van der Waals surface area contributed by atoms with Gasteiger partial charge in [0.1, 0.15) is 0 Å². The van der Waals surface area contributed by atoms with Crippen LogP contribution in [-0.4, -0.2) is 41.2 Å². The van der Waals surface area contributed by atoms with Crippen molar-refractivity contribution in [3.8, 4) is 0 Å². The lowest BCUT2D eigenvalue weighted by Gasteiger charge is -2.32. The fraction of sp³-hybridized carbons (Fsp3) is 0.600. The molecule has 0 bridgehead atoms.